The van der Waals surface area contributed by atoms with Gasteiger partial charge in [0, 0.05) is 5.75 Å². The van der Waals surface area contributed by atoms with E-state index in [9.17, 15) is 9.59 Å². The van der Waals surface area contributed by atoms with Gasteiger partial charge in [-0.3, -0.25) is 4.79 Å². The predicted molar refractivity (Wildman–Crippen MR) is 125 cm³/mol. The standard InChI is InChI=1S/C23H16Cl2N2O4S/c24-16-8-5-9-17(25)21(16)27-20(28)12-30-22(29)15-7-2-1-6-14(15)13-32-23-26-18-10-3-4-11-19(18)31-23/h1-11H,12-13H2,(H,27,28). The number of esters is 1. The number of fused-ring (bicyclic) bond motifs is 1. The Morgan fingerprint density at radius 3 is 2.47 bits per heavy atom. The van der Waals surface area contributed by atoms with Crippen LogP contribution in [0.25, 0.3) is 11.1 Å². The Morgan fingerprint density at radius 2 is 1.69 bits per heavy atom. The van der Waals surface area contributed by atoms with E-state index in [1.54, 1.807) is 30.3 Å². The Kier molecular flexibility index (Phi) is 6.99. The number of para-hydroxylation sites is 3. The van der Waals surface area contributed by atoms with E-state index in [2.05, 4.69) is 10.3 Å². The molecule has 0 unspecified atom stereocenters. The molecule has 1 amide bonds. The molecule has 0 aliphatic heterocycles. The van der Waals surface area contributed by atoms with Crippen molar-refractivity contribution in [3.05, 3.63) is 87.9 Å². The number of oxazole rings is 1. The van der Waals surface area contributed by atoms with Crippen molar-refractivity contribution in [2.75, 3.05) is 11.9 Å². The van der Waals surface area contributed by atoms with Gasteiger partial charge in [0.2, 0.25) is 0 Å². The van der Waals surface area contributed by atoms with E-state index in [0.29, 0.717) is 32.2 Å². The molecule has 32 heavy (non-hydrogen) atoms. The summed E-state index contributed by atoms with van der Waals surface area (Å²) < 4.78 is 10.9. The van der Waals surface area contributed by atoms with Crippen LogP contribution in [0.3, 0.4) is 0 Å². The molecule has 3 aromatic carbocycles. The van der Waals surface area contributed by atoms with Crippen LogP contribution in [-0.2, 0) is 15.3 Å². The molecule has 0 saturated heterocycles. The molecule has 1 N–H and O–H groups in total. The van der Waals surface area contributed by atoms with Crippen molar-refractivity contribution in [2.24, 2.45) is 0 Å². The molecule has 4 aromatic rings. The maximum absolute atomic E-state index is 12.6. The number of rotatable bonds is 7. The molecule has 6 nitrogen and oxygen atoms in total. The summed E-state index contributed by atoms with van der Waals surface area (Å²) in [5.74, 6) is -0.717. The average molecular weight is 487 g/mol. The smallest absolute Gasteiger partial charge is 0.338 e. The molecule has 0 aliphatic rings. The fourth-order valence-electron chi connectivity index (χ4n) is 2.90. The number of anilines is 1. The summed E-state index contributed by atoms with van der Waals surface area (Å²) in [5, 5.41) is 3.64. The highest BCUT2D eigenvalue weighted by Crippen LogP contribution is 2.30. The highest BCUT2D eigenvalue weighted by molar-refractivity contribution is 7.98. The third kappa shape index (κ3) is 5.24. The van der Waals surface area contributed by atoms with E-state index in [0.717, 1.165) is 11.1 Å². The van der Waals surface area contributed by atoms with Crippen LogP contribution in [-0.4, -0.2) is 23.5 Å². The second-order valence-electron chi connectivity index (χ2n) is 6.61. The third-order valence-corrected chi connectivity index (χ3v) is 5.93. The summed E-state index contributed by atoms with van der Waals surface area (Å²) in [6.45, 7) is -0.479. The second-order valence-corrected chi connectivity index (χ2v) is 8.36. The Labute approximate surface area is 197 Å². The highest BCUT2D eigenvalue weighted by atomic mass is 35.5. The topological polar surface area (TPSA) is 81.4 Å². The van der Waals surface area contributed by atoms with Gasteiger partial charge in [0.05, 0.1) is 21.3 Å². The van der Waals surface area contributed by atoms with Gasteiger partial charge in [-0.25, -0.2) is 9.78 Å². The van der Waals surface area contributed by atoms with Crippen LogP contribution >= 0.6 is 35.0 Å². The average Bonchev–Trinajstić information content (AvgIpc) is 3.22. The van der Waals surface area contributed by atoms with E-state index in [-0.39, 0.29) is 5.69 Å². The first-order valence-corrected chi connectivity index (χ1v) is 11.2. The molecule has 162 valence electrons. The van der Waals surface area contributed by atoms with Gasteiger partial charge < -0.3 is 14.5 Å². The monoisotopic (exact) mass is 486 g/mol. The molecule has 0 fully saturated rings. The Hall–Kier alpha value is -3.00. The molecule has 1 heterocycles. The van der Waals surface area contributed by atoms with Gasteiger partial charge in [-0.05, 0) is 35.9 Å². The molecule has 9 heteroatoms. The van der Waals surface area contributed by atoms with Crippen molar-refractivity contribution in [1.82, 2.24) is 4.98 Å². The van der Waals surface area contributed by atoms with Crippen LogP contribution in [0.1, 0.15) is 15.9 Å². The number of aromatic nitrogens is 1. The lowest BCUT2D eigenvalue weighted by atomic mass is 10.1. The number of thioether (sulfide) groups is 1. The van der Waals surface area contributed by atoms with Gasteiger partial charge in [-0.15, -0.1) is 0 Å². The lowest BCUT2D eigenvalue weighted by Gasteiger charge is -2.11. The fourth-order valence-corrected chi connectivity index (χ4v) is 4.23. The molecular weight excluding hydrogens is 471 g/mol. The number of hydrogen-bond donors (Lipinski definition) is 1. The molecule has 0 saturated carbocycles. The van der Waals surface area contributed by atoms with Gasteiger partial charge in [-0.1, -0.05) is 71.4 Å². The lowest BCUT2D eigenvalue weighted by Crippen LogP contribution is -2.21. The third-order valence-electron chi connectivity index (χ3n) is 4.42. The van der Waals surface area contributed by atoms with Crippen molar-refractivity contribution < 1.29 is 18.7 Å². The summed E-state index contributed by atoms with van der Waals surface area (Å²) >= 11 is 13.5. The molecule has 1 aromatic heterocycles. The van der Waals surface area contributed by atoms with Crippen LogP contribution in [0.4, 0.5) is 5.69 Å². The van der Waals surface area contributed by atoms with Gasteiger partial charge >= 0.3 is 5.97 Å². The maximum Gasteiger partial charge on any atom is 0.338 e. The van der Waals surface area contributed by atoms with Crippen LogP contribution in [0.2, 0.25) is 10.0 Å². The van der Waals surface area contributed by atoms with Crippen molar-refractivity contribution in [3.8, 4) is 0 Å². The Balaban J connectivity index is 1.38. The molecule has 4 rings (SSSR count). The minimum absolute atomic E-state index is 0.270. The summed E-state index contributed by atoms with van der Waals surface area (Å²) in [6.07, 6.45) is 0. The van der Waals surface area contributed by atoms with Crippen molar-refractivity contribution in [1.29, 1.82) is 0 Å². The summed E-state index contributed by atoms with van der Waals surface area (Å²) in [4.78, 5) is 29.2. The van der Waals surface area contributed by atoms with Gasteiger partial charge in [0.1, 0.15) is 5.52 Å². The van der Waals surface area contributed by atoms with Crippen LogP contribution in [0, 0.1) is 0 Å². The summed E-state index contributed by atoms with van der Waals surface area (Å²) in [5.41, 5.74) is 2.84. The molecule has 0 radical (unpaired) electrons. The zero-order valence-corrected chi connectivity index (χ0v) is 18.8. The Morgan fingerprint density at radius 1 is 0.969 bits per heavy atom. The Bertz CT molecular complexity index is 1240. The van der Waals surface area contributed by atoms with E-state index in [4.69, 9.17) is 32.4 Å². The van der Waals surface area contributed by atoms with Crippen LogP contribution in [0.15, 0.2) is 76.4 Å². The quantitative estimate of drug-likeness (QED) is 0.246. The zero-order valence-electron chi connectivity index (χ0n) is 16.5. The van der Waals surface area contributed by atoms with Gasteiger partial charge in [-0.2, -0.15) is 0 Å². The number of halogens is 2. The number of hydrogen-bond acceptors (Lipinski definition) is 6. The van der Waals surface area contributed by atoms with Gasteiger partial charge in [0.15, 0.2) is 12.2 Å². The van der Waals surface area contributed by atoms with Crippen LogP contribution < -0.4 is 5.32 Å². The van der Waals surface area contributed by atoms with Crippen molar-refractivity contribution in [2.45, 2.75) is 11.0 Å². The normalized spacial score (nSPS) is 10.8. The maximum atomic E-state index is 12.6. The fraction of sp³-hybridized carbons (Fsp3) is 0.0870. The first-order valence-electron chi connectivity index (χ1n) is 9.48. The largest absolute Gasteiger partial charge is 0.452 e. The first kappa shape index (κ1) is 22.2. The van der Waals surface area contributed by atoms with Crippen molar-refractivity contribution >= 4 is 63.6 Å². The number of nitrogens with zero attached hydrogens (tertiary/aromatic N) is 1. The van der Waals surface area contributed by atoms with E-state index in [1.165, 1.54) is 11.8 Å². The molecule has 0 spiro atoms. The highest BCUT2D eigenvalue weighted by Gasteiger charge is 2.17. The van der Waals surface area contributed by atoms with Crippen molar-refractivity contribution in [3.63, 3.8) is 0 Å². The summed E-state index contributed by atoms with van der Waals surface area (Å²) in [6, 6.07) is 19.4. The van der Waals surface area contributed by atoms with E-state index in [1.807, 2.05) is 36.4 Å². The zero-order chi connectivity index (χ0) is 22.5. The molecular formula is C23H16Cl2N2O4S. The van der Waals surface area contributed by atoms with E-state index < -0.39 is 18.5 Å². The van der Waals surface area contributed by atoms with Crippen LogP contribution in [0.5, 0.6) is 0 Å². The molecule has 0 atom stereocenters. The minimum atomic E-state index is -0.612. The number of carbonyl (C=O) groups is 2. The molecule has 0 aliphatic carbocycles. The minimum Gasteiger partial charge on any atom is -0.452 e. The number of ether oxygens (including phenoxy) is 1. The summed E-state index contributed by atoms with van der Waals surface area (Å²) in [7, 11) is 0. The predicted octanol–water partition coefficient (Wildman–Crippen LogP) is 6.22. The number of carbonyl (C=O) groups excluding carboxylic acids is 2. The van der Waals surface area contributed by atoms with Gasteiger partial charge in [0.25, 0.3) is 11.1 Å². The number of benzene rings is 3. The lowest BCUT2D eigenvalue weighted by molar-refractivity contribution is -0.119. The SMILES string of the molecule is O=C(COC(=O)c1ccccc1CSc1nc2ccccc2o1)Nc1c(Cl)cccc1Cl. The number of amides is 1. The number of nitrogens with one attached hydrogen (secondary N) is 1. The first-order chi connectivity index (χ1) is 15.5. The van der Waals surface area contributed by atoms with E-state index >= 15 is 0 Å². The second kappa shape index (κ2) is 10.1. The molecule has 0 bridgehead atoms.